The molecule has 0 radical (unpaired) electrons. The smallest absolute Gasteiger partial charge is 0.133 e. The maximum Gasteiger partial charge on any atom is 0.133 e. The Kier molecular flexibility index (Phi) is 4.85. The molecular formula is C14H18BrN3O. The fourth-order valence-electron chi connectivity index (χ4n) is 1.91. The van der Waals surface area contributed by atoms with Crippen molar-refractivity contribution in [2.75, 3.05) is 12.4 Å². The SMILES string of the molecule is CCCn1ccnc1CNc1ccc(OC)c(Br)c1. The molecule has 102 valence electrons. The van der Waals surface area contributed by atoms with E-state index in [1.165, 1.54) is 0 Å². The normalized spacial score (nSPS) is 10.5. The third kappa shape index (κ3) is 3.50. The average molecular weight is 324 g/mol. The van der Waals surface area contributed by atoms with Gasteiger partial charge in [-0.25, -0.2) is 4.98 Å². The number of methoxy groups -OCH3 is 1. The summed E-state index contributed by atoms with van der Waals surface area (Å²) in [4.78, 5) is 4.37. The number of imidazole rings is 1. The first kappa shape index (κ1) is 13.9. The number of benzene rings is 1. The number of aryl methyl sites for hydroxylation is 1. The molecule has 5 heteroatoms. The Labute approximate surface area is 121 Å². The van der Waals surface area contributed by atoms with E-state index in [0.29, 0.717) is 6.54 Å². The van der Waals surface area contributed by atoms with Crippen molar-refractivity contribution in [2.24, 2.45) is 0 Å². The maximum absolute atomic E-state index is 5.21. The zero-order chi connectivity index (χ0) is 13.7. The summed E-state index contributed by atoms with van der Waals surface area (Å²) in [6.07, 6.45) is 4.97. The Morgan fingerprint density at radius 2 is 2.26 bits per heavy atom. The minimum absolute atomic E-state index is 0.714. The van der Waals surface area contributed by atoms with Crippen LogP contribution in [0, 0.1) is 0 Å². The summed E-state index contributed by atoms with van der Waals surface area (Å²) in [5.41, 5.74) is 1.04. The van der Waals surface area contributed by atoms with Crippen molar-refractivity contribution in [3.63, 3.8) is 0 Å². The van der Waals surface area contributed by atoms with Gasteiger partial charge in [0.2, 0.25) is 0 Å². The van der Waals surface area contributed by atoms with Crippen LogP contribution in [-0.4, -0.2) is 16.7 Å². The van der Waals surface area contributed by atoms with Crippen LogP contribution in [0.1, 0.15) is 19.2 Å². The van der Waals surface area contributed by atoms with Gasteiger partial charge in [0.1, 0.15) is 11.6 Å². The first-order valence-electron chi connectivity index (χ1n) is 6.32. The third-order valence-corrected chi connectivity index (χ3v) is 3.49. The molecule has 0 atom stereocenters. The highest BCUT2D eigenvalue weighted by atomic mass is 79.9. The lowest BCUT2D eigenvalue weighted by Crippen LogP contribution is -2.08. The van der Waals surface area contributed by atoms with Gasteiger partial charge in [-0.05, 0) is 40.5 Å². The molecule has 2 aromatic rings. The fraction of sp³-hybridized carbons (Fsp3) is 0.357. The minimum Gasteiger partial charge on any atom is -0.496 e. The van der Waals surface area contributed by atoms with Crippen LogP contribution in [0.5, 0.6) is 5.75 Å². The van der Waals surface area contributed by atoms with Crippen LogP contribution < -0.4 is 10.1 Å². The second-order valence-corrected chi connectivity index (χ2v) is 5.09. The first-order chi connectivity index (χ1) is 9.24. The van der Waals surface area contributed by atoms with Crippen LogP contribution in [-0.2, 0) is 13.1 Å². The Hall–Kier alpha value is -1.49. The summed E-state index contributed by atoms with van der Waals surface area (Å²) in [6, 6.07) is 5.94. The lowest BCUT2D eigenvalue weighted by molar-refractivity contribution is 0.412. The molecule has 0 aliphatic carbocycles. The van der Waals surface area contributed by atoms with Gasteiger partial charge in [-0.2, -0.15) is 0 Å². The molecule has 0 spiro atoms. The van der Waals surface area contributed by atoms with E-state index in [2.05, 4.69) is 37.7 Å². The number of hydrogen-bond acceptors (Lipinski definition) is 3. The van der Waals surface area contributed by atoms with Gasteiger partial charge in [0, 0.05) is 24.6 Å². The van der Waals surface area contributed by atoms with E-state index < -0.39 is 0 Å². The Bertz CT molecular complexity index is 539. The zero-order valence-corrected chi connectivity index (χ0v) is 12.8. The molecule has 4 nitrogen and oxygen atoms in total. The van der Waals surface area contributed by atoms with E-state index in [0.717, 1.165) is 34.7 Å². The third-order valence-electron chi connectivity index (χ3n) is 2.87. The van der Waals surface area contributed by atoms with Crippen LogP contribution in [0.4, 0.5) is 5.69 Å². The summed E-state index contributed by atoms with van der Waals surface area (Å²) >= 11 is 3.48. The number of ether oxygens (including phenoxy) is 1. The van der Waals surface area contributed by atoms with E-state index in [4.69, 9.17) is 4.74 Å². The molecule has 0 saturated carbocycles. The van der Waals surface area contributed by atoms with E-state index in [1.54, 1.807) is 7.11 Å². The molecule has 2 rings (SSSR count). The number of aromatic nitrogens is 2. The molecule has 0 unspecified atom stereocenters. The van der Waals surface area contributed by atoms with Gasteiger partial charge < -0.3 is 14.6 Å². The summed E-state index contributed by atoms with van der Waals surface area (Å²) in [5.74, 6) is 1.88. The number of rotatable bonds is 6. The Morgan fingerprint density at radius 3 is 2.95 bits per heavy atom. The van der Waals surface area contributed by atoms with E-state index in [9.17, 15) is 0 Å². The molecule has 0 aliphatic rings. The van der Waals surface area contributed by atoms with Gasteiger partial charge in [-0.1, -0.05) is 6.92 Å². The molecule has 1 aromatic heterocycles. The average Bonchev–Trinajstić information content (AvgIpc) is 2.84. The summed E-state index contributed by atoms with van der Waals surface area (Å²) < 4.78 is 8.32. The molecule has 0 bridgehead atoms. The number of nitrogens with one attached hydrogen (secondary N) is 1. The summed E-state index contributed by atoms with van der Waals surface area (Å²) in [6.45, 7) is 3.88. The monoisotopic (exact) mass is 323 g/mol. The van der Waals surface area contributed by atoms with Gasteiger partial charge in [0.15, 0.2) is 0 Å². The number of hydrogen-bond donors (Lipinski definition) is 1. The predicted molar refractivity (Wildman–Crippen MR) is 80.5 cm³/mol. The van der Waals surface area contributed by atoms with Crippen LogP contribution >= 0.6 is 15.9 Å². The predicted octanol–water partition coefficient (Wildman–Crippen LogP) is 3.68. The van der Waals surface area contributed by atoms with E-state index >= 15 is 0 Å². The highest BCUT2D eigenvalue weighted by molar-refractivity contribution is 9.10. The van der Waals surface area contributed by atoms with Gasteiger partial charge in [0.05, 0.1) is 18.1 Å². The Balaban J connectivity index is 2.02. The van der Waals surface area contributed by atoms with E-state index in [1.807, 2.05) is 30.6 Å². The molecular weight excluding hydrogens is 306 g/mol. The second kappa shape index (κ2) is 6.61. The number of anilines is 1. The highest BCUT2D eigenvalue weighted by Crippen LogP contribution is 2.27. The second-order valence-electron chi connectivity index (χ2n) is 4.24. The van der Waals surface area contributed by atoms with Gasteiger partial charge in [-0.3, -0.25) is 0 Å². The van der Waals surface area contributed by atoms with Crippen molar-refractivity contribution in [3.05, 3.63) is 40.9 Å². The van der Waals surface area contributed by atoms with Gasteiger partial charge in [0.25, 0.3) is 0 Å². The summed E-state index contributed by atoms with van der Waals surface area (Å²) in [5, 5.41) is 3.37. The van der Waals surface area contributed by atoms with Crippen molar-refractivity contribution >= 4 is 21.6 Å². The molecule has 0 aliphatic heterocycles. The van der Waals surface area contributed by atoms with Gasteiger partial charge >= 0.3 is 0 Å². The van der Waals surface area contributed by atoms with Crippen molar-refractivity contribution in [2.45, 2.75) is 26.4 Å². The summed E-state index contributed by atoms with van der Waals surface area (Å²) in [7, 11) is 1.66. The fourth-order valence-corrected chi connectivity index (χ4v) is 2.45. The standard InChI is InChI=1S/C14H18BrN3O/c1-3-7-18-8-6-16-14(18)10-17-11-4-5-13(19-2)12(15)9-11/h4-6,8-9,17H,3,7,10H2,1-2H3. The van der Waals surface area contributed by atoms with Crippen molar-refractivity contribution in [1.29, 1.82) is 0 Å². The lowest BCUT2D eigenvalue weighted by atomic mass is 10.3. The molecule has 1 heterocycles. The van der Waals surface area contributed by atoms with Crippen LogP contribution in [0.2, 0.25) is 0 Å². The molecule has 0 fully saturated rings. The topological polar surface area (TPSA) is 39.1 Å². The zero-order valence-electron chi connectivity index (χ0n) is 11.2. The molecule has 19 heavy (non-hydrogen) atoms. The lowest BCUT2D eigenvalue weighted by Gasteiger charge is -2.10. The molecule has 0 amide bonds. The van der Waals surface area contributed by atoms with Crippen molar-refractivity contribution in [1.82, 2.24) is 9.55 Å². The first-order valence-corrected chi connectivity index (χ1v) is 7.11. The number of nitrogens with zero attached hydrogens (tertiary/aromatic N) is 2. The van der Waals surface area contributed by atoms with Crippen LogP contribution in [0.15, 0.2) is 35.1 Å². The molecule has 1 N–H and O–H groups in total. The van der Waals surface area contributed by atoms with E-state index in [-0.39, 0.29) is 0 Å². The Morgan fingerprint density at radius 1 is 1.42 bits per heavy atom. The van der Waals surface area contributed by atoms with Gasteiger partial charge in [-0.15, -0.1) is 0 Å². The largest absolute Gasteiger partial charge is 0.496 e. The number of halogens is 1. The van der Waals surface area contributed by atoms with Crippen molar-refractivity contribution in [3.8, 4) is 5.75 Å². The maximum atomic E-state index is 5.21. The molecule has 1 aromatic carbocycles. The van der Waals surface area contributed by atoms with Crippen LogP contribution in [0.3, 0.4) is 0 Å². The quantitative estimate of drug-likeness (QED) is 0.881. The van der Waals surface area contributed by atoms with Crippen molar-refractivity contribution < 1.29 is 4.74 Å². The molecule has 0 saturated heterocycles. The minimum atomic E-state index is 0.714. The highest BCUT2D eigenvalue weighted by Gasteiger charge is 2.04. The van der Waals surface area contributed by atoms with Crippen LogP contribution in [0.25, 0.3) is 0 Å².